The second-order valence-electron chi connectivity index (χ2n) is 5.11. The highest BCUT2D eigenvalue weighted by molar-refractivity contribution is 5.00. The standard InChI is InChI=1S/C11H21NO2/c1-12(2)10(9-4-3-5-9)11(6-13)7-14-8-11/h9-10,13H,3-8H2,1-2H3. The second kappa shape index (κ2) is 3.80. The van der Waals surface area contributed by atoms with Gasteiger partial charge in [0.2, 0.25) is 0 Å². The zero-order valence-corrected chi connectivity index (χ0v) is 9.20. The molecule has 2 rings (SSSR count). The third-order valence-electron chi connectivity index (χ3n) is 3.87. The van der Waals surface area contributed by atoms with E-state index in [9.17, 15) is 5.11 Å². The molecular formula is C11H21NO2. The van der Waals surface area contributed by atoms with Crippen molar-refractivity contribution in [3.05, 3.63) is 0 Å². The van der Waals surface area contributed by atoms with Crippen LogP contribution in [0, 0.1) is 11.3 Å². The minimum atomic E-state index is 0.0363. The molecule has 1 saturated carbocycles. The maximum Gasteiger partial charge on any atom is 0.0582 e. The average Bonchev–Trinajstić information content (AvgIpc) is 1.97. The quantitative estimate of drug-likeness (QED) is 0.724. The van der Waals surface area contributed by atoms with Crippen molar-refractivity contribution in [3.8, 4) is 0 Å². The molecule has 3 heteroatoms. The smallest absolute Gasteiger partial charge is 0.0582 e. The van der Waals surface area contributed by atoms with Crippen LogP contribution >= 0.6 is 0 Å². The molecule has 1 saturated heterocycles. The van der Waals surface area contributed by atoms with Gasteiger partial charge in [-0.1, -0.05) is 6.42 Å². The summed E-state index contributed by atoms with van der Waals surface area (Å²) in [5.74, 6) is 0.779. The maximum absolute atomic E-state index is 9.52. The molecule has 2 aliphatic rings. The number of nitrogens with zero attached hydrogens (tertiary/aromatic N) is 1. The molecule has 14 heavy (non-hydrogen) atoms. The van der Waals surface area contributed by atoms with Gasteiger partial charge in [0.15, 0.2) is 0 Å². The van der Waals surface area contributed by atoms with Crippen LogP contribution in [0.5, 0.6) is 0 Å². The molecule has 0 aromatic carbocycles. The van der Waals surface area contributed by atoms with E-state index in [4.69, 9.17) is 4.74 Å². The van der Waals surface area contributed by atoms with E-state index in [2.05, 4.69) is 19.0 Å². The summed E-state index contributed by atoms with van der Waals surface area (Å²) in [5.41, 5.74) is 0.0363. The highest BCUT2D eigenvalue weighted by Gasteiger charge is 2.50. The van der Waals surface area contributed by atoms with Gasteiger partial charge in [0.05, 0.1) is 25.2 Å². The average molecular weight is 199 g/mol. The van der Waals surface area contributed by atoms with Crippen LogP contribution < -0.4 is 0 Å². The first-order chi connectivity index (χ1) is 6.69. The van der Waals surface area contributed by atoms with Gasteiger partial charge >= 0.3 is 0 Å². The fourth-order valence-corrected chi connectivity index (χ4v) is 2.94. The lowest BCUT2D eigenvalue weighted by Gasteiger charge is -2.53. The van der Waals surface area contributed by atoms with Gasteiger partial charge in [-0.3, -0.25) is 0 Å². The van der Waals surface area contributed by atoms with Gasteiger partial charge < -0.3 is 14.7 Å². The first kappa shape index (κ1) is 10.4. The molecule has 1 aliphatic carbocycles. The summed E-state index contributed by atoms with van der Waals surface area (Å²) in [5, 5.41) is 9.52. The summed E-state index contributed by atoms with van der Waals surface area (Å²) >= 11 is 0. The molecule has 2 fully saturated rings. The molecule has 1 unspecified atom stereocenters. The third kappa shape index (κ3) is 1.47. The summed E-state index contributed by atoms with van der Waals surface area (Å²) in [6, 6.07) is 0.509. The number of rotatable bonds is 4. The first-order valence-electron chi connectivity index (χ1n) is 5.55. The lowest BCUT2D eigenvalue weighted by atomic mass is 9.66. The van der Waals surface area contributed by atoms with E-state index in [-0.39, 0.29) is 12.0 Å². The Labute approximate surface area is 86.0 Å². The molecule has 0 aromatic rings. The molecule has 0 spiro atoms. The Bertz CT molecular complexity index is 192. The normalized spacial score (nSPS) is 28.3. The van der Waals surface area contributed by atoms with E-state index in [0.717, 1.165) is 19.1 Å². The van der Waals surface area contributed by atoms with E-state index >= 15 is 0 Å². The van der Waals surface area contributed by atoms with Gasteiger partial charge in [-0.25, -0.2) is 0 Å². The molecule has 0 bridgehead atoms. The van der Waals surface area contributed by atoms with Crippen molar-refractivity contribution in [1.82, 2.24) is 4.90 Å². The third-order valence-corrected chi connectivity index (χ3v) is 3.87. The Hall–Kier alpha value is -0.120. The number of ether oxygens (including phenoxy) is 1. The Morgan fingerprint density at radius 1 is 1.43 bits per heavy atom. The molecule has 1 heterocycles. The zero-order valence-electron chi connectivity index (χ0n) is 9.20. The van der Waals surface area contributed by atoms with E-state index in [1.54, 1.807) is 0 Å². The number of hydrogen-bond donors (Lipinski definition) is 1. The highest BCUT2D eigenvalue weighted by atomic mass is 16.5. The van der Waals surface area contributed by atoms with Crippen LogP contribution in [0.3, 0.4) is 0 Å². The molecular weight excluding hydrogens is 178 g/mol. The molecule has 1 N–H and O–H groups in total. The lowest BCUT2D eigenvalue weighted by molar-refractivity contribution is -0.186. The second-order valence-corrected chi connectivity index (χ2v) is 5.11. The SMILES string of the molecule is CN(C)C(C1CCC1)C1(CO)COC1. The van der Waals surface area contributed by atoms with Crippen LogP contribution in [0.1, 0.15) is 19.3 Å². The topological polar surface area (TPSA) is 32.7 Å². The van der Waals surface area contributed by atoms with E-state index in [1.807, 2.05) is 0 Å². The minimum Gasteiger partial charge on any atom is -0.396 e. The Kier molecular flexibility index (Phi) is 2.82. The molecule has 1 aliphatic heterocycles. The highest BCUT2D eigenvalue weighted by Crippen LogP contribution is 2.43. The fraction of sp³-hybridized carbons (Fsp3) is 1.00. The van der Waals surface area contributed by atoms with Crippen LogP contribution in [0.15, 0.2) is 0 Å². The van der Waals surface area contributed by atoms with Gasteiger partial charge in [0.1, 0.15) is 0 Å². The monoisotopic (exact) mass is 199 g/mol. The van der Waals surface area contributed by atoms with Crippen molar-refractivity contribution >= 4 is 0 Å². The minimum absolute atomic E-state index is 0.0363. The van der Waals surface area contributed by atoms with Crippen molar-refractivity contribution in [3.63, 3.8) is 0 Å². The summed E-state index contributed by atoms with van der Waals surface area (Å²) in [6.07, 6.45) is 4.01. The van der Waals surface area contributed by atoms with Gasteiger partial charge in [-0.15, -0.1) is 0 Å². The summed E-state index contributed by atoms with van der Waals surface area (Å²) < 4.78 is 5.29. The summed E-state index contributed by atoms with van der Waals surface area (Å²) in [6.45, 7) is 1.75. The predicted octanol–water partition coefficient (Wildman–Crippen LogP) is 0.726. The Morgan fingerprint density at radius 3 is 2.29 bits per heavy atom. The van der Waals surface area contributed by atoms with Crippen molar-refractivity contribution in [1.29, 1.82) is 0 Å². The zero-order chi connectivity index (χ0) is 10.2. The van der Waals surface area contributed by atoms with E-state index < -0.39 is 0 Å². The maximum atomic E-state index is 9.52. The number of aliphatic hydroxyl groups is 1. The van der Waals surface area contributed by atoms with Crippen LogP contribution in [-0.2, 0) is 4.74 Å². The summed E-state index contributed by atoms with van der Waals surface area (Å²) in [7, 11) is 4.25. The predicted molar refractivity (Wildman–Crippen MR) is 55.2 cm³/mol. The number of hydrogen-bond acceptors (Lipinski definition) is 3. The van der Waals surface area contributed by atoms with Gasteiger partial charge in [-0.2, -0.15) is 0 Å². The fourth-order valence-electron chi connectivity index (χ4n) is 2.94. The molecule has 0 aromatic heterocycles. The van der Waals surface area contributed by atoms with Crippen molar-refractivity contribution in [2.24, 2.45) is 11.3 Å². The van der Waals surface area contributed by atoms with Gasteiger partial charge in [-0.05, 0) is 32.9 Å². The molecule has 3 nitrogen and oxygen atoms in total. The van der Waals surface area contributed by atoms with E-state index in [1.165, 1.54) is 19.3 Å². The van der Waals surface area contributed by atoms with Crippen LogP contribution in [0.2, 0.25) is 0 Å². The molecule has 0 amide bonds. The van der Waals surface area contributed by atoms with Gasteiger partial charge in [0, 0.05) is 6.04 Å². The first-order valence-corrected chi connectivity index (χ1v) is 5.55. The van der Waals surface area contributed by atoms with Crippen molar-refractivity contribution < 1.29 is 9.84 Å². The number of aliphatic hydroxyl groups excluding tert-OH is 1. The Morgan fingerprint density at radius 2 is 2.07 bits per heavy atom. The molecule has 0 radical (unpaired) electrons. The van der Waals surface area contributed by atoms with Crippen LogP contribution in [0.25, 0.3) is 0 Å². The van der Waals surface area contributed by atoms with Crippen molar-refractivity contribution in [2.75, 3.05) is 33.9 Å². The molecule has 82 valence electrons. The van der Waals surface area contributed by atoms with Crippen LogP contribution in [-0.4, -0.2) is 50.0 Å². The molecule has 1 atom stereocenters. The lowest BCUT2D eigenvalue weighted by Crippen LogP contribution is -2.62. The van der Waals surface area contributed by atoms with Crippen LogP contribution in [0.4, 0.5) is 0 Å². The largest absolute Gasteiger partial charge is 0.396 e. The van der Waals surface area contributed by atoms with Gasteiger partial charge in [0.25, 0.3) is 0 Å². The summed E-state index contributed by atoms with van der Waals surface area (Å²) in [4.78, 5) is 2.28. The Balaban J connectivity index is 2.08. The van der Waals surface area contributed by atoms with E-state index in [0.29, 0.717) is 6.04 Å². The van der Waals surface area contributed by atoms with Crippen molar-refractivity contribution in [2.45, 2.75) is 25.3 Å².